The van der Waals surface area contributed by atoms with E-state index in [4.69, 9.17) is 5.73 Å². The van der Waals surface area contributed by atoms with Crippen LogP contribution in [-0.2, 0) is 11.3 Å². The SMILES string of the molecule is Nc1nnc(SCC(=O)N2CCN(Cc3cccs3)CC2)s1. The highest BCUT2D eigenvalue weighted by Crippen LogP contribution is 2.24. The minimum atomic E-state index is 0.162. The molecule has 2 N–H and O–H groups in total. The molecule has 3 rings (SSSR count). The first kappa shape index (κ1) is 15.7. The molecule has 1 amide bonds. The summed E-state index contributed by atoms with van der Waals surface area (Å²) in [6, 6.07) is 4.24. The fourth-order valence-electron chi connectivity index (χ4n) is 2.27. The number of thiophene rings is 1. The third kappa shape index (κ3) is 4.19. The Bertz CT molecular complexity index is 607. The molecular formula is C13H17N5OS3. The van der Waals surface area contributed by atoms with Crippen molar-refractivity contribution in [1.29, 1.82) is 0 Å². The summed E-state index contributed by atoms with van der Waals surface area (Å²) in [5.41, 5.74) is 5.53. The van der Waals surface area contributed by atoms with Crippen LogP contribution >= 0.6 is 34.4 Å². The second-order valence-electron chi connectivity index (χ2n) is 4.93. The number of thioether (sulfide) groups is 1. The number of nitrogens with zero attached hydrogens (tertiary/aromatic N) is 4. The third-order valence-corrected chi connectivity index (χ3v) is 6.16. The first-order valence-electron chi connectivity index (χ1n) is 6.95. The molecule has 0 aromatic carbocycles. The number of aromatic nitrogens is 2. The number of hydrogen-bond acceptors (Lipinski definition) is 8. The van der Waals surface area contributed by atoms with Gasteiger partial charge in [0.2, 0.25) is 11.0 Å². The summed E-state index contributed by atoms with van der Waals surface area (Å²) >= 11 is 4.51. The van der Waals surface area contributed by atoms with Gasteiger partial charge in [0, 0.05) is 37.6 Å². The van der Waals surface area contributed by atoms with E-state index in [2.05, 4.69) is 32.6 Å². The highest BCUT2D eigenvalue weighted by atomic mass is 32.2. The molecule has 3 heterocycles. The number of anilines is 1. The Labute approximate surface area is 141 Å². The molecule has 0 bridgehead atoms. The normalized spacial score (nSPS) is 16.1. The highest BCUT2D eigenvalue weighted by Gasteiger charge is 2.21. The lowest BCUT2D eigenvalue weighted by Crippen LogP contribution is -2.48. The van der Waals surface area contributed by atoms with Crippen LogP contribution in [0.15, 0.2) is 21.9 Å². The summed E-state index contributed by atoms with van der Waals surface area (Å²) in [4.78, 5) is 17.9. The Kier molecular flexibility index (Phi) is 5.29. The van der Waals surface area contributed by atoms with Crippen LogP contribution in [0.5, 0.6) is 0 Å². The van der Waals surface area contributed by atoms with E-state index < -0.39 is 0 Å². The number of piperazine rings is 1. The molecule has 9 heteroatoms. The maximum atomic E-state index is 12.2. The van der Waals surface area contributed by atoms with Crippen LogP contribution in [0, 0.1) is 0 Å². The predicted molar refractivity (Wildman–Crippen MR) is 91.2 cm³/mol. The Hall–Kier alpha value is -1.16. The molecule has 2 aromatic heterocycles. The Balaban J connectivity index is 1.41. The summed E-state index contributed by atoms with van der Waals surface area (Å²) in [5, 5.41) is 10.2. The summed E-state index contributed by atoms with van der Waals surface area (Å²) < 4.78 is 0.752. The largest absolute Gasteiger partial charge is 0.374 e. The molecule has 0 saturated carbocycles. The molecule has 0 aliphatic carbocycles. The van der Waals surface area contributed by atoms with Crippen molar-refractivity contribution < 1.29 is 4.79 Å². The minimum Gasteiger partial charge on any atom is -0.374 e. The number of amides is 1. The fraction of sp³-hybridized carbons (Fsp3) is 0.462. The topological polar surface area (TPSA) is 75.3 Å². The molecule has 1 aliphatic heterocycles. The van der Waals surface area contributed by atoms with E-state index in [0.717, 1.165) is 37.1 Å². The van der Waals surface area contributed by atoms with E-state index >= 15 is 0 Å². The number of rotatable bonds is 5. The van der Waals surface area contributed by atoms with Crippen LogP contribution < -0.4 is 5.73 Å². The lowest BCUT2D eigenvalue weighted by Gasteiger charge is -2.34. The zero-order valence-electron chi connectivity index (χ0n) is 12.0. The van der Waals surface area contributed by atoms with Gasteiger partial charge in [0.05, 0.1) is 5.75 Å². The maximum Gasteiger partial charge on any atom is 0.233 e. The number of carbonyl (C=O) groups excluding carboxylic acids is 1. The van der Waals surface area contributed by atoms with Crippen molar-refractivity contribution in [2.45, 2.75) is 10.9 Å². The first-order chi connectivity index (χ1) is 10.7. The maximum absolute atomic E-state index is 12.2. The van der Waals surface area contributed by atoms with E-state index in [-0.39, 0.29) is 5.91 Å². The third-order valence-electron chi connectivity index (χ3n) is 3.43. The zero-order chi connectivity index (χ0) is 15.4. The summed E-state index contributed by atoms with van der Waals surface area (Å²) in [5.74, 6) is 0.564. The molecule has 1 saturated heterocycles. The molecule has 2 aromatic rings. The lowest BCUT2D eigenvalue weighted by atomic mass is 10.3. The second-order valence-corrected chi connectivity index (χ2v) is 8.19. The van der Waals surface area contributed by atoms with Crippen LogP contribution in [0.2, 0.25) is 0 Å². The van der Waals surface area contributed by atoms with Gasteiger partial charge in [-0.2, -0.15) is 0 Å². The van der Waals surface area contributed by atoms with Crippen molar-refractivity contribution >= 4 is 45.5 Å². The standard InChI is InChI=1S/C13H17N5OS3/c14-12-15-16-13(22-12)21-9-11(19)18-5-3-17(4-6-18)8-10-2-1-7-20-10/h1-2,7H,3-6,8-9H2,(H2,14,15). The van der Waals surface area contributed by atoms with Gasteiger partial charge in [-0.25, -0.2) is 0 Å². The second kappa shape index (κ2) is 7.40. The molecule has 0 radical (unpaired) electrons. The molecule has 0 spiro atoms. The van der Waals surface area contributed by atoms with Gasteiger partial charge >= 0.3 is 0 Å². The van der Waals surface area contributed by atoms with Gasteiger partial charge in [0.1, 0.15) is 0 Å². The number of carbonyl (C=O) groups is 1. The van der Waals surface area contributed by atoms with Crippen molar-refractivity contribution in [2.24, 2.45) is 0 Å². The molecule has 1 fully saturated rings. The van der Waals surface area contributed by atoms with E-state index in [1.54, 1.807) is 11.3 Å². The van der Waals surface area contributed by atoms with Gasteiger partial charge in [-0.05, 0) is 11.4 Å². The minimum absolute atomic E-state index is 0.162. The number of hydrogen-bond donors (Lipinski definition) is 1. The van der Waals surface area contributed by atoms with Gasteiger partial charge in [-0.15, -0.1) is 21.5 Å². The van der Waals surface area contributed by atoms with E-state index in [9.17, 15) is 4.79 Å². The predicted octanol–water partition coefficient (Wildman–Crippen LogP) is 1.62. The molecule has 6 nitrogen and oxygen atoms in total. The van der Waals surface area contributed by atoms with E-state index in [1.165, 1.54) is 28.0 Å². The summed E-state index contributed by atoms with van der Waals surface area (Å²) in [7, 11) is 0. The number of nitrogen functional groups attached to an aromatic ring is 1. The van der Waals surface area contributed by atoms with Gasteiger partial charge < -0.3 is 10.6 Å². The van der Waals surface area contributed by atoms with Crippen LogP contribution in [-0.4, -0.2) is 57.8 Å². The Morgan fingerprint density at radius 2 is 2.14 bits per heavy atom. The van der Waals surface area contributed by atoms with Gasteiger partial charge in [-0.3, -0.25) is 9.69 Å². The van der Waals surface area contributed by atoms with Crippen LogP contribution in [0.1, 0.15) is 4.88 Å². The summed E-state index contributed by atoms with van der Waals surface area (Å²) in [6.45, 7) is 4.44. The van der Waals surface area contributed by atoms with Crippen molar-refractivity contribution in [3.8, 4) is 0 Å². The van der Waals surface area contributed by atoms with Crippen molar-refractivity contribution in [3.05, 3.63) is 22.4 Å². The fourth-order valence-corrected chi connectivity index (χ4v) is 4.56. The van der Waals surface area contributed by atoms with E-state index in [0.29, 0.717) is 10.9 Å². The summed E-state index contributed by atoms with van der Waals surface area (Å²) in [6.07, 6.45) is 0. The molecule has 0 atom stereocenters. The smallest absolute Gasteiger partial charge is 0.233 e. The van der Waals surface area contributed by atoms with Crippen molar-refractivity contribution in [1.82, 2.24) is 20.0 Å². The average Bonchev–Trinajstić information content (AvgIpc) is 3.17. The first-order valence-corrected chi connectivity index (χ1v) is 9.63. The van der Waals surface area contributed by atoms with Crippen molar-refractivity contribution in [3.63, 3.8) is 0 Å². The zero-order valence-corrected chi connectivity index (χ0v) is 14.4. The van der Waals surface area contributed by atoms with Crippen LogP contribution in [0.4, 0.5) is 5.13 Å². The Morgan fingerprint density at radius 3 is 2.77 bits per heavy atom. The average molecular weight is 356 g/mol. The van der Waals surface area contributed by atoms with E-state index in [1.807, 2.05) is 4.90 Å². The molecule has 0 unspecified atom stereocenters. The molecular weight excluding hydrogens is 338 g/mol. The Morgan fingerprint density at radius 1 is 1.32 bits per heavy atom. The molecule has 118 valence electrons. The van der Waals surface area contributed by atoms with Gasteiger partial charge in [0.15, 0.2) is 4.34 Å². The van der Waals surface area contributed by atoms with Gasteiger partial charge in [-0.1, -0.05) is 29.2 Å². The number of nitrogens with two attached hydrogens (primary N) is 1. The highest BCUT2D eigenvalue weighted by molar-refractivity contribution is 8.01. The van der Waals surface area contributed by atoms with Crippen LogP contribution in [0.25, 0.3) is 0 Å². The molecule has 1 aliphatic rings. The monoisotopic (exact) mass is 355 g/mol. The van der Waals surface area contributed by atoms with Crippen LogP contribution in [0.3, 0.4) is 0 Å². The molecule has 22 heavy (non-hydrogen) atoms. The van der Waals surface area contributed by atoms with Crippen molar-refractivity contribution in [2.75, 3.05) is 37.7 Å². The quantitative estimate of drug-likeness (QED) is 0.822. The lowest BCUT2D eigenvalue weighted by molar-refractivity contribution is -0.130. The van der Waals surface area contributed by atoms with Gasteiger partial charge in [0.25, 0.3) is 0 Å².